The van der Waals surface area contributed by atoms with Crippen molar-refractivity contribution >= 4 is 6.16 Å². The highest BCUT2D eigenvalue weighted by molar-refractivity contribution is 5.60. The second-order valence-electron chi connectivity index (χ2n) is 8.67. The highest BCUT2D eigenvalue weighted by atomic mass is 16.8. The van der Waals surface area contributed by atoms with Crippen LogP contribution in [0.1, 0.15) is 62.5 Å². The summed E-state index contributed by atoms with van der Waals surface area (Å²) in [4.78, 5) is 11.7. The molecule has 146 valence electrons. The van der Waals surface area contributed by atoms with Crippen molar-refractivity contribution in [2.24, 2.45) is 5.92 Å². The lowest BCUT2D eigenvalue weighted by atomic mass is 9.53. The molecule has 0 radical (unpaired) electrons. The topological polar surface area (TPSA) is 56.8 Å². The van der Waals surface area contributed by atoms with Crippen LogP contribution in [0.15, 0.2) is 18.2 Å². The third-order valence-electron chi connectivity index (χ3n) is 7.34. The summed E-state index contributed by atoms with van der Waals surface area (Å²) >= 11 is 0. The second kappa shape index (κ2) is 7.01. The maximum absolute atomic E-state index is 11.7. The molecule has 1 aromatic rings. The molecule has 3 atom stereocenters. The summed E-state index contributed by atoms with van der Waals surface area (Å²) in [6.45, 7) is 1.02. The minimum atomic E-state index is -0.621. The SMILES string of the molecule is O=C(OCOc1ccc2c(c1)[C@@]13CCCC[C@H]1[C@@H](C2)NCC3)OC1CCC1. The van der Waals surface area contributed by atoms with Gasteiger partial charge in [0.1, 0.15) is 11.9 Å². The summed E-state index contributed by atoms with van der Waals surface area (Å²) in [6, 6.07) is 7.07. The van der Waals surface area contributed by atoms with Gasteiger partial charge in [-0.2, -0.15) is 0 Å². The van der Waals surface area contributed by atoms with Crippen molar-refractivity contribution in [1.82, 2.24) is 5.32 Å². The Morgan fingerprint density at radius 2 is 2.07 bits per heavy atom. The lowest BCUT2D eigenvalue weighted by Gasteiger charge is -2.56. The molecule has 2 saturated carbocycles. The molecular formula is C22H29NO4. The summed E-state index contributed by atoms with van der Waals surface area (Å²) in [6.07, 6.45) is 10.1. The third kappa shape index (κ3) is 3.10. The quantitative estimate of drug-likeness (QED) is 0.639. The highest BCUT2D eigenvalue weighted by Crippen LogP contribution is 2.54. The summed E-state index contributed by atoms with van der Waals surface area (Å²) in [5.41, 5.74) is 3.26. The number of benzene rings is 1. The van der Waals surface area contributed by atoms with E-state index in [0.29, 0.717) is 11.5 Å². The molecule has 3 aliphatic carbocycles. The van der Waals surface area contributed by atoms with Crippen LogP contribution in [0.2, 0.25) is 0 Å². The summed E-state index contributed by atoms with van der Waals surface area (Å²) in [5.74, 6) is 1.54. The number of piperidine rings is 1. The fourth-order valence-corrected chi connectivity index (χ4v) is 5.80. The first-order chi connectivity index (χ1) is 13.2. The van der Waals surface area contributed by atoms with Crippen molar-refractivity contribution in [2.75, 3.05) is 13.3 Å². The van der Waals surface area contributed by atoms with Gasteiger partial charge in [-0.1, -0.05) is 18.9 Å². The van der Waals surface area contributed by atoms with Gasteiger partial charge in [0.05, 0.1) is 0 Å². The van der Waals surface area contributed by atoms with Gasteiger partial charge in [-0.25, -0.2) is 4.79 Å². The van der Waals surface area contributed by atoms with Crippen LogP contribution in [0.5, 0.6) is 5.75 Å². The van der Waals surface area contributed by atoms with Crippen LogP contribution in [0.25, 0.3) is 0 Å². The van der Waals surface area contributed by atoms with E-state index in [1.165, 1.54) is 43.2 Å². The fourth-order valence-electron chi connectivity index (χ4n) is 5.80. The van der Waals surface area contributed by atoms with E-state index in [0.717, 1.165) is 43.9 Å². The highest BCUT2D eigenvalue weighted by Gasteiger charge is 2.51. The van der Waals surface area contributed by atoms with E-state index in [2.05, 4.69) is 17.4 Å². The van der Waals surface area contributed by atoms with Crippen molar-refractivity contribution in [1.29, 1.82) is 0 Å². The predicted octanol–water partition coefficient (Wildman–Crippen LogP) is 4.07. The standard InChI is InChI=1S/C22H29NO4/c24-21(27-16-4-3-5-16)26-14-25-17-8-7-15-12-20-18-6-1-2-9-22(18,10-11-23-20)19(15)13-17/h7-8,13,16,18,20,23H,1-6,9-12,14H2/t18-,20+,22+/m0/s1. The normalized spacial score (nSPS) is 31.9. The molecule has 1 aromatic carbocycles. The molecule has 3 fully saturated rings. The Bertz CT molecular complexity index is 712. The van der Waals surface area contributed by atoms with Crippen LogP contribution in [0.4, 0.5) is 4.79 Å². The van der Waals surface area contributed by atoms with E-state index in [-0.39, 0.29) is 12.9 Å². The molecule has 1 saturated heterocycles. The lowest BCUT2D eigenvalue weighted by molar-refractivity contribution is -0.0328. The molecule has 2 bridgehead atoms. The van der Waals surface area contributed by atoms with Crippen molar-refractivity contribution in [3.05, 3.63) is 29.3 Å². The Kier molecular flexibility index (Phi) is 4.50. The zero-order valence-corrected chi connectivity index (χ0v) is 15.9. The maximum atomic E-state index is 11.7. The third-order valence-corrected chi connectivity index (χ3v) is 7.34. The van der Waals surface area contributed by atoms with Gasteiger partial charge >= 0.3 is 6.16 Å². The second-order valence-corrected chi connectivity index (χ2v) is 8.67. The summed E-state index contributed by atoms with van der Waals surface area (Å²) in [7, 11) is 0. The summed E-state index contributed by atoms with van der Waals surface area (Å²) in [5, 5.41) is 3.77. The zero-order valence-electron chi connectivity index (χ0n) is 15.9. The first-order valence-corrected chi connectivity index (χ1v) is 10.6. The molecule has 5 heteroatoms. The number of rotatable bonds is 4. The van der Waals surface area contributed by atoms with Crippen molar-refractivity contribution < 1.29 is 19.0 Å². The average Bonchev–Trinajstić information content (AvgIpc) is 2.65. The molecule has 5 nitrogen and oxygen atoms in total. The van der Waals surface area contributed by atoms with Crippen LogP contribution in [-0.2, 0) is 21.3 Å². The van der Waals surface area contributed by atoms with Crippen LogP contribution < -0.4 is 10.1 Å². The lowest BCUT2D eigenvalue weighted by Crippen LogP contribution is -2.59. The zero-order chi connectivity index (χ0) is 18.3. The van der Waals surface area contributed by atoms with E-state index in [9.17, 15) is 4.79 Å². The number of ether oxygens (including phenoxy) is 3. The molecule has 1 heterocycles. The van der Waals surface area contributed by atoms with Gasteiger partial charge in [0, 0.05) is 11.5 Å². The number of nitrogens with one attached hydrogen (secondary N) is 1. The van der Waals surface area contributed by atoms with Gasteiger partial charge in [0.2, 0.25) is 6.79 Å². The minimum Gasteiger partial charge on any atom is -0.457 e. The molecule has 5 rings (SSSR count). The van der Waals surface area contributed by atoms with Crippen molar-refractivity contribution in [2.45, 2.75) is 75.3 Å². The van der Waals surface area contributed by atoms with Crippen LogP contribution in [-0.4, -0.2) is 31.6 Å². The first kappa shape index (κ1) is 17.4. The summed E-state index contributed by atoms with van der Waals surface area (Å²) < 4.78 is 16.0. The molecule has 4 aliphatic rings. The largest absolute Gasteiger partial charge is 0.511 e. The van der Waals surface area contributed by atoms with Gasteiger partial charge < -0.3 is 19.5 Å². The number of fused-ring (bicyclic) bond motifs is 1. The fraction of sp³-hybridized carbons (Fsp3) is 0.682. The van der Waals surface area contributed by atoms with E-state index < -0.39 is 6.16 Å². The van der Waals surface area contributed by atoms with Crippen LogP contribution in [0.3, 0.4) is 0 Å². The van der Waals surface area contributed by atoms with Crippen LogP contribution in [0, 0.1) is 5.92 Å². The van der Waals surface area contributed by atoms with E-state index >= 15 is 0 Å². The maximum Gasteiger partial charge on any atom is 0.511 e. The Hall–Kier alpha value is -1.75. The molecule has 1 N–H and O–H groups in total. The number of carbonyl (C=O) groups excluding carboxylic acids is 1. The molecule has 0 spiro atoms. The molecule has 27 heavy (non-hydrogen) atoms. The van der Waals surface area contributed by atoms with E-state index in [1.807, 2.05) is 6.07 Å². The van der Waals surface area contributed by atoms with Crippen molar-refractivity contribution in [3.63, 3.8) is 0 Å². The number of hydrogen-bond acceptors (Lipinski definition) is 5. The van der Waals surface area contributed by atoms with Gasteiger partial charge in [-0.3, -0.25) is 0 Å². The Morgan fingerprint density at radius 3 is 2.93 bits per heavy atom. The Labute approximate surface area is 160 Å². The smallest absolute Gasteiger partial charge is 0.457 e. The Balaban J connectivity index is 1.28. The Morgan fingerprint density at radius 1 is 1.15 bits per heavy atom. The number of carbonyl (C=O) groups is 1. The van der Waals surface area contributed by atoms with E-state index in [4.69, 9.17) is 14.2 Å². The minimum absolute atomic E-state index is 0.0384. The number of hydrogen-bond donors (Lipinski definition) is 1. The molecule has 0 aromatic heterocycles. The first-order valence-electron chi connectivity index (χ1n) is 10.6. The average molecular weight is 371 g/mol. The van der Waals surface area contributed by atoms with Gasteiger partial charge in [0.25, 0.3) is 0 Å². The molecule has 1 aliphatic heterocycles. The molecule has 0 amide bonds. The van der Waals surface area contributed by atoms with Crippen molar-refractivity contribution in [3.8, 4) is 5.75 Å². The van der Waals surface area contributed by atoms with Gasteiger partial charge in [0.15, 0.2) is 0 Å². The predicted molar refractivity (Wildman–Crippen MR) is 101 cm³/mol. The molecular weight excluding hydrogens is 342 g/mol. The molecule has 0 unspecified atom stereocenters. The van der Waals surface area contributed by atoms with Crippen LogP contribution >= 0.6 is 0 Å². The van der Waals surface area contributed by atoms with Gasteiger partial charge in [-0.15, -0.1) is 0 Å². The van der Waals surface area contributed by atoms with E-state index in [1.54, 1.807) is 0 Å². The monoisotopic (exact) mass is 371 g/mol. The van der Waals surface area contributed by atoms with Gasteiger partial charge in [-0.05, 0) is 80.7 Å².